The lowest BCUT2D eigenvalue weighted by Crippen LogP contribution is -2.08. The van der Waals surface area contributed by atoms with Crippen LogP contribution in [0.3, 0.4) is 0 Å². The predicted molar refractivity (Wildman–Crippen MR) is 48.6 cm³/mol. The second-order valence-corrected chi connectivity index (χ2v) is 4.43. The van der Waals surface area contributed by atoms with Crippen molar-refractivity contribution in [2.75, 3.05) is 11.5 Å². The molecule has 1 unspecified atom stereocenters. The van der Waals surface area contributed by atoms with Crippen LogP contribution < -0.4 is 0 Å². The molecule has 1 aromatic heterocycles. The van der Waals surface area contributed by atoms with Gasteiger partial charge >= 0.3 is 0 Å². The molecule has 0 amide bonds. The number of hydrogen-bond donors (Lipinski definition) is 0. The van der Waals surface area contributed by atoms with Crippen LogP contribution in [0.2, 0.25) is 5.28 Å². The molecule has 0 saturated carbocycles. The van der Waals surface area contributed by atoms with Crippen molar-refractivity contribution in [3.8, 4) is 0 Å². The molecular formula is C6H10ClN3OS. The Kier molecular flexibility index (Phi) is 3.68. The maximum Gasteiger partial charge on any atom is 0.224 e. The Morgan fingerprint density at radius 2 is 2.50 bits per heavy atom. The largest absolute Gasteiger partial charge is 0.303 e. The summed E-state index contributed by atoms with van der Waals surface area (Å²) in [6.45, 7) is 2.51. The third kappa shape index (κ3) is 2.57. The molecule has 1 rings (SSSR count). The Hall–Kier alpha value is -0.420. The summed E-state index contributed by atoms with van der Waals surface area (Å²) in [6, 6.07) is 0. The molecule has 1 aromatic rings. The van der Waals surface area contributed by atoms with E-state index in [1.807, 2.05) is 6.92 Å². The quantitative estimate of drug-likeness (QED) is 0.731. The van der Waals surface area contributed by atoms with Crippen LogP contribution >= 0.6 is 11.6 Å². The summed E-state index contributed by atoms with van der Waals surface area (Å²) in [7, 11) is -0.755. The van der Waals surface area contributed by atoms with Crippen LogP contribution in [0.4, 0.5) is 0 Å². The topological polar surface area (TPSA) is 47.8 Å². The van der Waals surface area contributed by atoms with Gasteiger partial charge in [-0.15, -0.1) is 10.2 Å². The van der Waals surface area contributed by atoms with Crippen LogP contribution in [-0.4, -0.2) is 30.5 Å². The fraction of sp³-hybridized carbons (Fsp3) is 0.667. The van der Waals surface area contributed by atoms with E-state index in [4.69, 9.17) is 11.6 Å². The number of aryl methyl sites for hydroxylation is 1. The van der Waals surface area contributed by atoms with Gasteiger partial charge in [0, 0.05) is 28.9 Å². The molecule has 4 nitrogen and oxygen atoms in total. The van der Waals surface area contributed by atoms with E-state index < -0.39 is 10.8 Å². The average Bonchev–Trinajstić information content (AvgIpc) is 2.47. The zero-order valence-electron chi connectivity index (χ0n) is 6.73. The molecule has 0 aromatic carbocycles. The molecule has 0 radical (unpaired) electrons. The van der Waals surface area contributed by atoms with E-state index in [0.717, 1.165) is 0 Å². The summed E-state index contributed by atoms with van der Waals surface area (Å²) >= 11 is 5.66. The molecule has 0 N–H and O–H groups in total. The third-order valence-electron chi connectivity index (χ3n) is 1.45. The van der Waals surface area contributed by atoms with Gasteiger partial charge in [-0.05, 0) is 11.6 Å². The fourth-order valence-electron chi connectivity index (χ4n) is 0.735. The van der Waals surface area contributed by atoms with Crippen molar-refractivity contribution in [2.24, 2.45) is 0 Å². The first-order valence-corrected chi connectivity index (χ1v) is 5.49. The second-order valence-electron chi connectivity index (χ2n) is 2.23. The average molecular weight is 208 g/mol. The Morgan fingerprint density at radius 3 is 3.00 bits per heavy atom. The van der Waals surface area contributed by atoms with Crippen LogP contribution in [0.1, 0.15) is 6.92 Å². The number of halogens is 1. The lowest BCUT2D eigenvalue weighted by molar-refractivity contribution is 0.674. The maximum atomic E-state index is 11.0. The van der Waals surface area contributed by atoms with Gasteiger partial charge in [-0.1, -0.05) is 6.92 Å². The third-order valence-corrected chi connectivity index (χ3v) is 3.02. The molecular weight excluding hydrogens is 198 g/mol. The van der Waals surface area contributed by atoms with Crippen molar-refractivity contribution in [1.82, 2.24) is 14.8 Å². The van der Waals surface area contributed by atoms with Crippen molar-refractivity contribution in [3.05, 3.63) is 11.6 Å². The highest BCUT2D eigenvalue weighted by Crippen LogP contribution is 2.01. The van der Waals surface area contributed by atoms with E-state index in [2.05, 4.69) is 10.2 Å². The first-order chi connectivity index (χ1) is 5.74. The first kappa shape index (κ1) is 9.67. The predicted octanol–water partition coefficient (Wildman–Crippen LogP) is 0.700. The number of rotatable bonds is 4. The Morgan fingerprint density at radius 1 is 1.75 bits per heavy atom. The van der Waals surface area contributed by atoms with E-state index in [-0.39, 0.29) is 0 Å². The minimum Gasteiger partial charge on any atom is -0.303 e. The molecule has 0 aliphatic carbocycles. The normalized spacial score (nSPS) is 13.2. The van der Waals surface area contributed by atoms with Gasteiger partial charge < -0.3 is 4.57 Å². The van der Waals surface area contributed by atoms with Crippen LogP contribution in [0, 0.1) is 0 Å². The molecule has 6 heteroatoms. The van der Waals surface area contributed by atoms with Crippen molar-refractivity contribution in [1.29, 1.82) is 0 Å². The monoisotopic (exact) mass is 207 g/mol. The number of nitrogens with zero attached hydrogens (tertiary/aromatic N) is 3. The second kappa shape index (κ2) is 4.57. The van der Waals surface area contributed by atoms with E-state index >= 15 is 0 Å². The van der Waals surface area contributed by atoms with Gasteiger partial charge in [0.2, 0.25) is 5.28 Å². The van der Waals surface area contributed by atoms with Gasteiger partial charge in [-0.25, -0.2) is 0 Å². The van der Waals surface area contributed by atoms with E-state index in [1.165, 1.54) is 6.33 Å². The molecule has 0 spiro atoms. The molecule has 0 fully saturated rings. The van der Waals surface area contributed by atoms with Gasteiger partial charge in [-0.2, -0.15) is 0 Å². The molecule has 1 heterocycles. The molecule has 0 bridgehead atoms. The zero-order valence-corrected chi connectivity index (χ0v) is 8.31. The van der Waals surface area contributed by atoms with Crippen molar-refractivity contribution >= 4 is 22.4 Å². The van der Waals surface area contributed by atoms with Gasteiger partial charge in [0.25, 0.3) is 0 Å². The van der Waals surface area contributed by atoms with Gasteiger partial charge in [-0.3, -0.25) is 4.21 Å². The molecule has 12 heavy (non-hydrogen) atoms. The summed E-state index contributed by atoms with van der Waals surface area (Å²) in [4.78, 5) is 0. The summed E-state index contributed by atoms with van der Waals surface area (Å²) in [5.41, 5.74) is 0. The summed E-state index contributed by atoms with van der Waals surface area (Å²) in [5.74, 6) is 1.29. The van der Waals surface area contributed by atoms with Crippen LogP contribution in [0.15, 0.2) is 6.33 Å². The van der Waals surface area contributed by atoms with Crippen molar-refractivity contribution in [3.63, 3.8) is 0 Å². The van der Waals surface area contributed by atoms with Gasteiger partial charge in [0.1, 0.15) is 6.33 Å². The fourth-order valence-corrected chi connectivity index (χ4v) is 1.60. The van der Waals surface area contributed by atoms with Gasteiger partial charge in [0.15, 0.2) is 0 Å². The molecule has 0 aliphatic heterocycles. The highest BCUT2D eigenvalue weighted by molar-refractivity contribution is 7.84. The van der Waals surface area contributed by atoms with Crippen molar-refractivity contribution < 1.29 is 4.21 Å². The minimum atomic E-state index is -0.755. The highest BCUT2D eigenvalue weighted by Gasteiger charge is 2.01. The van der Waals surface area contributed by atoms with Gasteiger partial charge in [0.05, 0.1) is 0 Å². The van der Waals surface area contributed by atoms with E-state index in [1.54, 1.807) is 4.57 Å². The highest BCUT2D eigenvalue weighted by atomic mass is 35.5. The summed E-state index contributed by atoms with van der Waals surface area (Å²) in [5, 5.41) is 7.56. The lowest BCUT2D eigenvalue weighted by atomic mass is 10.7. The number of hydrogen-bond acceptors (Lipinski definition) is 3. The van der Waals surface area contributed by atoms with Crippen molar-refractivity contribution in [2.45, 2.75) is 13.5 Å². The zero-order chi connectivity index (χ0) is 8.97. The summed E-state index contributed by atoms with van der Waals surface area (Å²) in [6.07, 6.45) is 1.54. The smallest absolute Gasteiger partial charge is 0.224 e. The molecule has 68 valence electrons. The van der Waals surface area contributed by atoms with E-state index in [9.17, 15) is 4.21 Å². The van der Waals surface area contributed by atoms with Crippen LogP contribution in [0.5, 0.6) is 0 Å². The number of aromatic nitrogens is 3. The Labute approximate surface area is 78.4 Å². The summed E-state index contributed by atoms with van der Waals surface area (Å²) < 4.78 is 12.7. The Bertz CT molecular complexity index is 276. The van der Waals surface area contributed by atoms with Crippen LogP contribution in [0.25, 0.3) is 0 Å². The van der Waals surface area contributed by atoms with Crippen LogP contribution in [-0.2, 0) is 17.3 Å². The molecule has 1 atom stereocenters. The van der Waals surface area contributed by atoms with E-state index in [0.29, 0.717) is 23.3 Å². The Balaban J connectivity index is 2.43. The SMILES string of the molecule is CCS(=O)CCn1cnnc1Cl. The lowest BCUT2D eigenvalue weighted by Gasteiger charge is -2.00. The maximum absolute atomic E-state index is 11.0. The standard InChI is InChI=1S/C6H10ClN3OS/c1-2-12(11)4-3-10-5-8-9-6(10)7/h5H,2-4H2,1H3. The first-order valence-electron chi connectivity index (χ1n) is 3.62. The molecule has 0 saturated heterocycles. The minimum absolute atomic E-state index is 0.350. The molecule has 0 aliphatic rings.